The molecule has 0 saturated carbocycles. The summed E-state index contributed by atoms with van der Waals surface area (Å²) in [6.07, 6.45) is 1.74. The Hall–Kier alpha value is -2.52. The molecule has 0 N–H and O–H groups in total. The SMILES string of the molecule is O=Cc1ccccc1-c1ccc(-c2ccccc2C=O)s1. The normalized spacial score (nSPS) is 10.3. The number of aldehydes is 2. The van der Waals surface area contributed by atoms with E-state index in [4.69, 9.17) is 0 Å². The smallest absolute Gasteiger partial charge is 0.150 e. The van der Waals surface area contributed by atoms with Gasteiger partial charge in [0.05, 0.1) is 0 Å². The molecule has 0 spiro atoms. The van der Waals surface area contributed by atoms with Crippen LogP contribution in [-0.4, -0.2) is 12.6 Å². The van der Waals surface area contributed by atoms with Gasteiger partial charge in [0, 0.05) is 32.0 Å². The van der Waals surface area contributed by atoms with Crippen molar-refractivity contribution in [2.45, 2.75) is 0 Å². The first-order valence-corrected chi connectivity index (χ1v) is 7.34. The predicted octanol–water partition coefficient (Wildman–Crippen LogP) is 4.71. The third-order valence-corrected chi connectivity index (χ3v) is 4.46. The number of rotatable bonds is 4. The molecular weight excluding hydrogens is 280 g/mol. The van der Waals surface area contributed by atoms with Crippen molar-refractivity contribution in [3.63, 3.8) is 0 Å². The highest BCUT2D eigenvalue weighted by atomic mass is 32.1. The fourth-order valence-corrected chi connectivity index (χ4v) is 3.38. The second kappa shape index (κ2) is 5.85. The van der Waals surface area contributed by atoms with Crippen molar-refractivity contribution in [2.24, 2.45) is 0 Å². The Kier molecular flexibility index (Phi) is 3.75. The van der Waals surface area contributed by atoms with E-state index in [0.29, 0.717) is 11.1 Å². The largest absolute Gasteiger partial charge is 0.298 e. The lowest BCUT2D eigenvalue weighted by Crippen LogP contribution is -1.84. The van der Waals surface area contributed by atoms with Crippen molar-refractivity contribution in [1.82, 2.24) is 0 Å². The molecule has 0 bridgehead atoms. The van der Waals surface area contributed by atoms with Crippen molar-refractivity contribution in [3.05, 3.63) is 71.8 Å². The average molecular weight is 292 g/mol. The van der Waals surface area contributed by atoms with E-state index in [1.54, 1.807) is 23.5 Å². The fourth-order valence-electron chi connectivity index (χ4n) is 2.28. The van der Waals surface area contributed by atoms with E-state index >= 15 is 0 Å². The predicted molar refractivity (Wildman–Crippen MR) is 86.0 cm³/mol. The molecular formula is C18H12O2S. The monoisotopic (exact) mass is 292 g/mol. The van der Waals surface area contributed by atoms with E-state index in [1.165, 1.54) is 0 Å². The van der Waals surface area contributed by atoms with Crippen molar-refractivity contribution >= 4 is 23.9 Å². The van der Waals surface area contributed by atoms with Crippen LogP contribution >= 0.6 is 11.3 Å². The highest BCUT2D eigenvalue weighted by Crippen LogP contribution is 2.36. The van der Waals surface area contributed by atoms with Crippen molar-refractivity contribution in [1.29, 1.82) is 0 Å². The molecule has 0 saturated heterocycles. The summed E-state index contributed by atoms with van der Waals surface area (Å²) >= 11 is 1.58. The number of benzene rings is 2. The molecule has 0 unspecified atom stereocenters. The van der Waals surface area contributed by atoms with Crippen LogP contribution in [0, 0.1) is 0 Å². The second-order valence-corrected chi connectivity index (χ2v) is 5.66. The van der Waals surface area contributed by atoms with Gasteiger partial charge in [-0.3, -0.25) is 9.59 Å². The summed E-state index contributed by atoms with van der Waals surface area (Å²) in [6.45, 7) is 0. The highest BCUT2D eigenvalue weighted by Gasteiger charge is 2.10. The minimum absolute atomic E-state index is 0.676. The summed E-state index contributed by atoms with van der Waals surface area (Å²) in [5.41, 5.74) is 3.20. The van der Waals surface area contributed by atoms with E-state index in [9.17, 15) is 9.59 Å². The Balaban J connectivity index is 2.08. The number of carbonyl (C=O) groups excluding carboxylic acids is 2. The molecule has 0 radical (unpaired) electrons. The van der Waals surface area contributed by atoms with Gasteiger partial charge in [-0.25, -0.2) is 0 Å². The van der Waals surface area contributed by atoms with Gasteiger partial charge >= 0.3 is 0 Å². The first-order chi connectivity index (χ1) is 10.3. The zero-order chi connectivity index (χ0) is 14.7. The van der Waals surface area contributed by atoms with Gasteiger partial charge in [0.15, 0.2) is 12.6 Å². The molecule has 0 atom stereocenters. The molecule has 0 amide bonds. The van der Waals surface area contributed by atoms with Crippen LogP contribution < -0.4 is 0 Å². The van der Waals surface area contributed by atoms with Gasteiger partial charge in [-0.15, -0.1) is 11.3 Å². The Morgan fingerprint density at radius 3 is 1.48 bits per heavy atom. The van der Waals surface area contributed by atoms with E-state index in [2.05, 4.69) is 0 Å². The van der Waals surface area contributed by atoms with Crippen LogP contribution in [0.3, 0.4) is 0 Å². The summed E-state index contributed by atoms with van der Waals surface area (Å²) in [5, 5.41) is 0. The third kappa shape index (κ3) is 2.56. The second-order valence-electron chi connectivity index (χ2n) is 4.57. The summed E-state index contributed by atoms with van der Waals surface area (Å²) in [7, 11) is 0. The number of thiophene rings is 1. The maximum absolute atomic E-state index is 11.1. The lowest BCUT2D eigenvalue weighted by molar-refractivity contribution is 0.111. The van der Waals surface area contributed by atoms with E-state index in [1.807, 2.05) is 48.5 Å². The van der Waals surface area contributed by atoms with Gasteiger partial charge in [0.2, 0.25) is 0 Å². The summed E-state index contributed by atoms with van der Waals surface area (Å²) in [6, 6.07) is 19.0. The first-order valence-electron chi connectivity index (χ1n) is 6.52. The van der Waals surface area contributed by atoms with Gasteiger partial charge in [-0.2, -0.15) is 0 Å². The molecule has 0 aliphatic heterocycles. The molecule has 0 aliphatic rings. The molecule has 1 heterocycles. The van der Waals surface area contributed by atoms with Crippen LogP contribution in [0.4, 0.5) is 0 Å². The Morgan fingerprint density at radius 1 is 0.619 bits per heavy atom. The molecule has 3 rings (SSSR count). The van der Waals surface area contributed by atoms with Crippen LogP contribution in [0.25, 0.3) is 20.9 Å². The topological polar surface area (TPSA) is 34.1 Å². The van der Waals surface area contributed by atoms with Crippen LogP contribution in [0.2, 0.25) is 0 Å². The summed E-state index contributed by atoms with van der Waals surface area (Å²) in [5.74, 6) is 0. The number of hydrogen-bond acceptors (Lipinski definition) is 3. The quantitative estimate of drug-likeness (QED) is 0.653. The minimum atomic E-state index is 0.676. The lowest BCUT2D eigenvalue weighted by Gasteiger charge is -2.02. The molecule has 21 heavy (non-hydrogen) atoms. The highest BCUT2D eigenvalue weighted by molar-refractivity contribution is 7.18. The van der Waals surface area contributed by atoms with Crippen LogP contribution in [0.15, 0.2) is 60.7 Å². The van der Waals surface area contributed by atoms with Crippen molar-refractivity contribution in [2.75, 3.05) is 0 Å². The Labute approximate surface area is 126 Å². The molecule has 102 valence electrons. The first kappa shape index (κ1) is 13.5. The molecule has 0 fully saturated rings. The fraction of sp³-hybridized carbons (Fsp3) is 0. The average Bonchev–Trinajstić information content (AvgIpc) is 3.04. The molecule has 3 aromatic rings. The van der Waals surface area contributed by atoms with Crippen LogP contribution in [0.1, 0.15) is 20.7 Å². The zero-order valence-electron chi connectivity index (χ0n) is 11.2. The van der Waals surface area contributed by atoms with Crippen LogP contribution in [0.5, 0.6) is 0 Å². The Bertz CT molecular complexity index is 736. The summed E-state index contributed by atoms with van der Waals surface area (Å²) in [4.78, 5) is 24.3. The van der Waals surface area contributed by atoms with Crippen molar-refractivity contribution < 1.29 is 9.59 Å². The zero-order valence-corrected chi connectivity index (χ0v) is 12.0. The minimum Gasteiger partial charge on any atom is -0.298 e. The number of carbonyl (C=O) groups is 2. The maximum Gasteiger partial charge on any atom is 0.150 e. The Morgan fingerprint density at radius 2 is 1.05 bits per heavy atom. The van der Waals surface area contributed by atoms with Crippen molar-refractivity contribution in [3.8, 4) is 20.9 Å². The van der Waals surface area contributed by atoms with Gasteiger partial charge in [0.25, 0.3) is 0 Å². The lowest BCUT2D eigenvalue weighted by atomic mass is 10.1. The van der Waals surface area contributed by atoms with Crippen LogP contribution in [-0.2, 0) is 0 Å². The maximum atomic E-state index is 11.1. The van der Waals surface area contributed by atoms with Gasteiger partial charge in [-0.1, -0.05) is 48.5 Å². The summed E-state index contributed by atoms with van der Waals surface area (Å²) < 4.78 is 0. The van der Waals surface area contributed by atoms with E-state index < -0.39 is 0 Å². The van der Waals surface area contributed by atoms with Gasteiger partial charge in [-0.05, 0) is 12.1 Å². The van der Waals surface area contributed by atoms with Gasteiger partial charge in [0.1, 0.15) is 0 Å². The molecule has 3 heteroatoms. The third-order valence-electron chi connectivity index (χ3n) is 3.31. The van der Waals surface area contributed by atoms with Gasteiger partial charge < -0.3 is 0 Å². The molecule has 0 aliphatic carbocycles. The molecule has 2 aromatic carbocycles. The van der Waals surface area contributed by atoms with E-state index in [-0.39, 0.29) is 0 Å². The standard InChI is InChI=1S/C18H12O2S/c19-11-13-5-1-3-7-15(13)17-9-10-18(21-17)16-8-4-2-6-14(16)12-20/h1-12H. The number of hydrogen-bond donors (Lipinski definition) is 0. The molecule has 2 nitrogen and oxygen atoms in total. The van der Waals surface area contributed by atoms with E-state index in [0.717, 1.165) is 33.5 Å². The molecule has 1 aromatic heterocycles.